The van der Waals surface area contributed by atoms with Crippen LogP contribution < -0.4 is 5.32 Å². The topological polar surface area (TPSA) is 71.3 Å². The smallest absolute Gasteiger partial charge is 0.257 e. The highest BCUT2D eigenvalue weighted by Crippen LogP contribution is 2.36. The minimum Gasteiger partial charge on any atom is -0.348 e. The Morgan fingerprint density at radius 3 is 2.91 bits per heavy atom. The van der Waals surface area contributed by atoms with Gasteiger partial charge in [0.1, 0.15) is 0 Å². The minimum absolute atomic E-state index is 0.0311. The Morgan fingerprint density at radius 1 is 1.30 bits per heavy atom. The number of carbonyl (C=O) groups is 1. The van der Waals surface area contributed by atoms with E-state index in [9.17, 15) is 4.79 Å². The van der Waals surface area contributed by atoms with Crippen LogP contribution in [0.1, 0.15) is 25.1 Å². The van der Waals surface area contributed by atoms with E-state index in [1.54, 1.807) is 0 Å². The van der Waals surface area contributed by atoms with Gasteiger partial charge in [-0.05, 0) is 37.3 Å². The normalized spacial score (nSPS) is 23.3. The van der Waals surface area contributed by atoms with E-state index < -0.39 is 0 Å². The fourth-order valence-corrected chi connectivity index (χ4v) is 3.66. The number of rotatable bonds is 5. The molecule has 2 heterocycles. The number of carbonyl (C=O) groups excluding carboxylic acids is 1. The molecule has 0 unspecified atom stereocenters. The maximum atomic E-state index is 12.1. The maximum absolute atomic E-state index is 12.1. The quantitative estimate of drug-likeness (QED) is 0.912. The molecule has 2 aliphatic rings. The molecule has 6 nitrogen and oxygen atoms in total. The molecule has 0 spiro atoms. The van der Waals surface area contributed by atoms with Crippen molar-refractivity contribution in [1.29, 1.82) is 0 Å². The summed E-state index contributed by atoms with van der Waals surface area (Å²) in [7, 11) is 0. The summed E-state index contributed by atoms with van der Waals surface area (Å²) in [5.74, 6) is 1.81. The van der Waals surface area contributed by atoms with Crippen molar-refractivity contribution >= 4 is 5.91 Å². The second-order valence-corrected chi connectivity index (χ2v) is 6.42. The van der Waals surface area contributed by atoms with E-state index in [0.717, 1.165) is 18.0 Å². The molecule has 1 aromatic carbocycles. The molecule has 1 saturated carbocycles. The molecule has 2 fully saturated rings. The lowest BCUT2D eigenvalue weighted by atomic mass is 10.1. The molecule has 1 aromatic heterocycles. The van der Waals surface area contributed by atoms with Gasteiger partial charge in [-0.3, -0.25) is 9.69 Å². The van der Waals surface area contributed by atoms with E-state index in [2.05, 4.69) is 20.4 Å². The number of likely N-dealkylation sites (tertiary alicyclic amines) is 1. The molecule has 4 rings (SSSR count). The number of piperidine rings is 1. The van der Waals surface area contributed by atoms with Crippen LogP contribution in [-0.4, -0.2) is 40.1 Å². The van der Waals surface area contributed by atoms with Crippen LogP contribution in [0, 0.1) is 5.92 Å². The van der Waals surface area contributed by atoms with Crippen LogP contribution in [0.25, 0.3) is 11.5 Å². The van der Waals surface area contributed by atoms with Crippen molar-refractivity contribution in [3.05, 3.63) is 36.2 Å². The molecular formula is C17H20N4O2. The van der Waals surface area contributed by atoms with E-state index in [1.807, 2.05) is 30.3 Å². The fraction of sp³-hybridized carbons (Fsp3) is 0.471. The van der Waals surface area contributed by atoms with Crippen molar-refractivity contribution in [3.63, 3.8) is 0 Å². The maximum Gasteiger partial charge on any atom is 0.257 e. The van der Waals surface area contributed by atoms with Crippen molar-refractivity contribution < 1.29 is 9.32 Å². The molecule has 1 amide bonds. The SMILES string of the molecule is O=C(CN1C[C@@H]2CC[C@H]1C2)NCc1noc(-c2ccccc2)n1. The average molecular weight is 312 g/mol. The van der Waals surface area contributed by atoms with Gasteiger partial charge in [-0.25, -0.2) is 0 Å². The summed E-state index contributed by atoms with van der Waals surface area (Å²) in [6, 6.07) is 10.2. The number of hydrogen-bond donors (Lipinski definition) is 1. The molecule has 2 aromatic rings. The summed E-state index contributed by atoms with van der Waals surface area (Å²) in [4.78, 5) is 18.7. The number of aromatic nitrogens is 2. The van der Waals surface area contributed by atoms with Gasteiger partial charge in [-0.1, -0.05) is 23.4 Å². The van der Waals surface area contributed by atoms with Crippen LogP contribution in [0.15, 0.2) is 34.9 Å². The van der Waals surface area contributed by atoms with Crippen molar-refractivity contribution in [2.45, 2.75) is 31.8 Å². The lowest BCUT2D eigenvalue weighted by molar-refractivity contribution is -0.122. The Kier molecular flexibility index (Phi) is 3.83. The summed E-state index contributed by atoms with van der Waals surface area (Å²) in [6.45, 7) is 1.85. The van der Waals surface area contributed by atoms with Gasteiger partial charge in [0.2, 0.25) is 5.91 Å². The first-order valence-corrected chi connectivity index (χ1v) is 8.16. The predicted octanol–water partition coefficient (Wildman–Crippen LogP) is 1.84. The van der Waals surface area contributed by atoms with Crippen molar-refractivity contribution in [2.24, 2.45) is 5.92 Å². The summed E-state index contributed by atoms with van der Waals surface area (Å²) in [6.07, 6.45) is 3.83. The number of amides is 1. The van der Waals surface area contributed by atoms with Gasteiger partial charge < -0.3 is 9.84 Å². The van der Waals surface area contributed by atoms with E-state index >= 15 is 0 Å². The van der Waals surface area contributed by atoms with Gasteiger partial charge in [0.05, 0.1) is 13.1 Å². The van der Waals surface area contributed by atoms with Crippen molar-refractivity contribution in [3.8, 4) is 11.5 Å². The molecule has 1 saturated heterocycles. The minimum atomic E-state index is 0.0311. The first-order chi connectivity index (χ1) is 11.3. The number of nitrogens with zero attached hydrogens (tertiary/aromatic N) is 3. The fourth-order valence-electron chi connectivity index (χ4n) is 3.66. The Balaban J connectivity index is 1.29. The number of hydrogen-bond acceptors (Lipinski definition) is 5. The molecule has 1 aliphatic heterocycles. The summed E-state index contributed by atoms with van der Waals surface area (Å²) < 4.78 is 5.23. The third-order valence-electron chi connectivity index (χ3n) is 4.80. The summed E-state index contributed by atoms with van der Waals surface area (Å²) >= 11 is 0. The second kappa shape index (κ2) is 6.12. The lowest BCUT2D eigenvalue weighted by Crippen LogP contribution is -2.41. The largest absolute Gasteiger partial charge is 0.348 e. The Labute approximate surface area is 134 Å². The molecule has 6 heteroatoms. The van der Waals surface area contributed by atoms with Gasteiger partial charge in [0.25, 0.3) is 5.89 Å². The molecule has 120 valence electrons. The van der Waals surface area contributed by atoms with Crippen LogP contribution in [-0.2, 0) is 11.3 Å². The predicted molar refractivity (Wildman–Crippen MR) is 84.3 cm³/mol. The zero-order valence-corrected chi connectivity index (χ0v) is 12.9. The second-order valence-electron chi connectivity index (χ2n) is 6.42. The third-order valence-corrected chi connectivity index (χ3v) is 4.80. The van der Waals surface area contributed by atoms with E-state index in [0.29, 0.717) is 30.8 Å². The highest BCUT2D eigenvalue weighted by Gasteiger charge is 2.38. The van der Waals surface area contributed by atoms with Crippen LogP contribution >= 0.6 is 0 Å². The molecule has 2 bridgehead atoms. The summed E-state index contributed by atoms with van der Waals surface area (Å²) in [5.41, 5.74) is 0.880. The van der Waals surface area contributed by atoms with E-state index in [1.165, 1.54) is 19.3 Å². The van der Waals surface area contributed by atoms with Crippen LogP contribution in [0.4, 0.5) is 0 Å². The van der Waals surface area contributed by atoms with Gasteiger partial charge in [0, 0.05) is 18.2 Å². The zero-order chi connectivity index (χ0) is 15.6. The molecule has 1 aliphatic carbocycles. The number of fused-ring (bicyclic) bond motifs is 2. The average Bonchev–Trinajstić information content (AvgIpc) is 3.30. The Morgan fingerprint density at radius 2 is 2.17 bits per heavy atom. The molecule has 23 heavy (non-hydrogen) atoms. The van der Waals surface area contributed by atoms with Crippen LogP contribution in [0.5, 0.6) is 0 Å². The molecule has 0 radical (unpaired) electrons. The molecular weight excluding hydrogens is 292 g/mol. The highest BCUT2D eigenvalue weighted by molar-refractivity contribution is 5.78. The van der Waals surface area contributed by atoms with Crippen molar-refractivity contribution in [1.82, 2.24) is 20.4 Å². The molecule has 1 N–H and O–H groups in total. The standard InChI is InChI=1S/C17H20N4O2/c22-16(11-21-10-12-6-7-14(21)8-12)18-9-15-19-17(23-20-15)13-4-2-1-3-5-13/h1-5,12,14H,6-11H2,(H,18,22)/t12-,14+/m1/s1. The summed E-state index contributed by atoms with van der Waals surface area (Å²) in [5, 5.41) is 6.80. The lowest BCUT2D eigenvalue weighted by Gasteiger charge is -2.25. The number of benzene rings is 1. The first-order valence-electron chi connectivity index (χ1n) is 8.16. The van der Waals surface area contributed by atoms with Crippen LogP contribution in [0.2, 0.25) is 0 Å². The zero-order valence-electron chi connectivity index (χ0n) is 12.9. The van der Waals surface area contributed by atoms with Crippen molar-refractivity contribution in [2.75, 3.05) is 13.1 Å². The Hall–Kier alpha value is -2.21. The third kappa shape index (κ3) is 3.12. The van der Waals surface area contributed by atoms with E-state index in [-0.39, 0.29) is 5.91 Å². The molecule has 2 atom stereocenters. The van der Waals surface area contributed by atoms with Gasteiger partial charge >= 0.3 is 0 Å². The first kappa shape index (κ1) is 14.4. The monoisotopic (exact) mass is 312 g/mol. The van der Waals surface area contributed by atoms with E-state index in [4.69, 9.17) is 4.52 Å². The van der Waals surface area contributed by atoms with Gasteiger partial charge in [-0.2, -0.15) is 4.98 Å². The Bertz CT molecular complexity index is 685. The number of nitrogens with one attached hydrogen (secondary N) is 1. The van der Waals surface area contributed by atoms with Crippen LogP contribution in [0.3, 0.4) is 0 Å². The van der Waals surface area contributed by atoms with Gasteiger partial charge in [-0.15, -0.1) is 0 Å². The van der Waals surface area contributed by atoms with Gasteiger partial charge in [0.15, 0.2) is 5.82 Å². The highest BCUT2D eigenvalue weighted by atomic mass is 16.5.